The summed E-state index contributed by atoms with van der Waals surface area (Å²) >= 11 is 0. The average Bonchev–Trinajstić information content (AvgIpc) is 2.15. The van der Waals surface area contributed by atoms with E-state index in [1.807, 2.05) is 0 Å². The fourth-order valence-corrected chi connectivity index (χ4v) is 2.26. The summed E-state index contributed by atoms with van der Waals surface area (Å²) in [7, 11) is 0. The molecule has 1 aliphatic rings. The molecular formula is C13H25N. The van der Waals surface area contributed by atoms with Gasteiger partial charge in [-0.3, -0.25) is 0 Å². The molecule has 0 aromatic carbocycles. The van der Waals surface area contributed by atoms with Crippen molar-refractivity contribution in [2.75, 3.05) is 6.54 Å². The Morgan fingerprint density at radius 3 is 2.71 bits per heavy atom. The highest BCUT2D eigenvalue weighted by atomic mass is 14.9. The van der Waals surface area contributed by atoms with Gasteiger partial charge < -0.3 is 5.32 Å². The normalized spacial score (nSPS) is 26.1. The van der Waals surface area contributed by atoms with Crippen molar-refractivity contribution in [2.45, 2.75) is 58.9 Å². The summed E-state index contributed by atoms with van der Waals surface area (Å²) in [6, 6.07) is 0.694. The summed E-state index contributed by atoms with van der Waals surface area (Å²) in [6.45, 7) is 12.0. The lowest BCUT2D eigenvalue weighted by Gasteiger charge is -2.39. The van der Waals surface area contributed by atoms with Gasteiger partial charge in [-0.2, -0.15) is 0 Å². The Morgan fingerprint density at radius 2 is 2.14 bits per heavy atom. The Bertz CT molecular complexity index is 193. The van der Waals surface area contributed by atoms with Gasteiger partial charge in [-0.15, -0.1) is 0 Å². The Kier molecular flexibility index (Phi) is 4.18. The zero-order valence-corrected chi connectivity index (χ0v) is 10.0. The van der Waals surface area contributed by atoms with Gasteiger partial charge in [0.05, 0.1) is 0 Å². The van der Waals surface area contributed by atoms with Crippen LogP contribution in [-0.2, 0) is 0 Å². The Labute approximate surface area is 89.0 Å². The first-order valence-corrected chi connectivity index (χ1v) is 5.96. The maximum absolute atomic E-state index is 4.04. The van der Waals surface area contributed by atoms with Crippen molar-refractivity contribution in [1.82, 2.24) is 5.32 Å². The molecule has 1 unspecified atom stereocenters. The highest BCUT2D eigenvalue weighted by molar-refractivity contribution is 4.98. The molecule has 0 bridgehead atoms. The molecule has 0 aromatic heterocycles. The van der Waals surface area contributed by atoms with Crippen molar-refractivity contribution in [3.8, 4) is 0 Å². The second kappa shape index (κ2) is 4.97. The van der Waals surface area contributed by atoms with Crippen molar-refractivity contribution < 1.29 is 0 Å². The molecule has 82 valence electrons. The second-order valence-electron chi connectivity index (χ2n) is 5.27. The minimum Gasteiger partial charge on any atom is -0.310 e. The van der Waals surface area contributed by atoms with Gasteiger partial charge in [0.1, 0.15) is 0 Å². The summed E-state index contributed by atoms with van der Waals surface area (Å²) in [4.78, 5) is 0. The summed E-state index contributed by atoms with van der Waals surface area (Å²) < 4.78 is 0. The average molecular weight is 195 g/mol. The first kappa shape index (κ1) is 11.8. The molecule has 0 aromatic rings. The van der Waals surface area contributed by atoms with Gasteiger partial charge in [0.15, 0.2) is 0 Å². The van der Waals surface area contributed by atoms with Crippen LogP contribution in [0, 0.1) is 5.41 Å². The third kappa shape index (κ3) is 3.13. The minimum absolute atomic E-state index is 0.478. The molecule has 1 fully saturated rings. The molecule has 0 aliphatic heterocycles. The van der Waals surface area contributed by atoms with Crippen molar-refractivity contribution in [2.24, 2.45) is 5.41 Å². The number of hydrogen-bond acceptors (Lipinski definition) is 1. The largest absolute Gasteiger partial charge is 0.310 e. The van der Waals surface area contributed by atoms with Crippen LogP contribution in [0.1, 0.15) is 52.9 Å². The van der Waals surface area contributed by atoms with Crippen LogP contribution < -0.4 is 5.32 Å². The molecule has 0 spiro atoms. The van der Waals surface area contributed by atoms with Crippen LogP contribution in [0.25, 0.3) is 0 Å². The van der Waals surface area contributed by atoms with Gasteiger partial charge >= 0.3 is 0 Å². The van der Waals surface area contributed by atoms with Gasteiger partial charge in [0.25, 0.3) is 0 Å². The SMILES string of the molecule is C=C(CC)CNC1CCCCC1(C)C. The quantitative estimate of drug-likeness (QED) is 0.677. The minimum atomic E-state index is 0.478. The fraction of sp³-hybridized carbons (Fsp3) is 0.846. The molecule has 1 atom stereocenters. The van der Waals surface area contributed by atoms with Gasteiger partial charge in [-0.25, -0.2) is 0 Å². The lowest BCUT2D eigenvalue weighted by molar-refractivity contribution is 0.171. The van der Waals surface area contributed by atoms with E-state index in [1.54, 1.807) is 0 Å². The van der Waals surface area contributed by atoms with Crippen molar-refractivity contribution >= 4 is 0 Å². The maximum atomic E-state index is 4.04. The van der Waals surface area contributed by atoms with Crippen molar-refractivity contribution in [3.63, 3.8) is 0 Å². The van der Waals surface area contributed by atoms with Crippen LogP contribution in [0.3, 0.4) is 0 Å². The topological polar surface area (TPSA) is 12.0 Å². The fourth-order valence-electron chi connectivity index (χ4n) is 2.26. The van der Waals surface area contributed by atoms with Crippen LogP contribution in [0.5, 0.6) is 0 Å². The van der Waals surface area contributed by atoms with Crippen LogP contribution in [0.2, 0.25) is 0 Å². The van der Waals surface area contributed by atoms with E-state index in [2.05, 4.69) is 32.7 Å². The van der Waals surface area contributed by atoms with Crippen molar-refractivity contribution in [1.29, 1.82) is 0 Å². The van der Waals surface area contributed by atoms with Gasteiger partial charge in [-0.05, 0) is 24.7 Å². The summed E-state index contributed by atoms with van der Waals surface area (Å²) in [5.41, 5.74) is 1.80. The number of hydrogen-bond donors (Lipinski definition) is 1. The summed E-state index contributed by atoms with van der Waals surface area (Å²) in [5.74, 6) is 0. The smallest absolute Gasteiger partial charge is 0.0164 e. The summed E-state index contributed by atoms with van der Waals surface area (Å²) in [6.07, 6.45) is 6.59. The highest BCUT2D eigenvalue weighted by Gasteiger charge is 2.31. The lowest BCUT2D eigenvalue weighted by atomic mass is 9.73. The van der Waals surface area contributed by atoms with E-state index in [-0.39, 0.29) is 0 Å². The van der Waals surface area contributed by atoms with E-state index in [4.69, 9.17) is 0 Å². The second-order valence-corrected chi connectivity index (χ2v) is 5.27. The molecule has 0 saturated heterocycles. The van der Waals surface area contributed by atoms with Crippen LogP contribution in [0.4, 0.5) is 0 Å². The maximum Gasteiger partial charge on any atom is 0.0164 e. The standard InChI is InChI=1S/C13H25N/c1-5-11(2)10-14-12-8-6-7-9-13(12,3)4/h12,14H,2,5-10H2,1,3-4H3. The molecule has 1 saturated carbocycles. The molecule has 1 aliphatic carbocycles. The molecule has 1 N–H and O–H groups in total. The monoisotopic (exact) mass is 195 g/mol. The zero-order chi connectivity index (χ0) is 10.6. The van der Waals surface area contributed by atoms with E-state index in [0.29, 0.717) is 11.5 Å². The molecule has 1 heteroatoms. The first-order chi connectivity index (χ1) is 6.56. The Hall–Kier alpha value is -0.300. The predicted octanol–water partition coefficient (Wildman–Crippen LogP) is 3.51. The molecule has 0 amide bonds. The molecular weight excluding hydrogens is 170 g/mol. The van der Waals surface area contributed by atoms with Crippen LogP contribution in [-0.4, -0.2) is 12.6 Å². The van der Waals surface area contributed by atoms with Gasteiger partial charge in [0, 0.05) is 12.6 Å². The molecule has 0 radical (unpaired) electrons. The Balaban J connectivity index is 2.38. The first-order valence-electron chi connectivity index (χ1n) is 5.96. The van der Waals surface area contributed by atoms with E-state index < -0.39 is 0 Å². The lowest BCUT2D eigenvalue weighted by Crippen LogP contribution is -2.44. The third-order valence-corrected chi connectivity index (χ3v) is 3.61. The Morgan fingerprint density at radius 1 is 1.43 bits per heavy atom. The molecule has 14 heavy (non-hydrogen) atoms. The number of nitrogens with one attached hydrogen (secondary N) is 1. The van der Waals surface area contributed by atoms with Crippen LogP contribution >= 0.6 is 0 Å². The predicted molar refractivity (Wildman–Crippen MR) is 63.5 cm³/mol. The third-order valence-electron chi connectivity index (χ3n) is 3.61. The van der Waals surface area contributed by atoms with Crippen LogP contribution in [0.15, 0.2) is 12.2 Å². The van der Waals surface area contributed by atoms with Gasteiger partial charge in [-0.1, -0.05) is 45.8 Å². The van der Waals surface area contributed by atoms with E-state index in [9.17, 15) is 0 Å². The molecule has 1 rings (SSSR count). The zero-order valence-electron chi connectivity index (χ0n) is 10.0. The van der Waals surface area contributed by atoms with E-state index in [0.717, 1.165) is 13.0 Å². The molecule has 0 heterocycles. The van der Waals surface area contributed by atoms with Gasteiger partial charge in [0.2, 0.25) is 0 Å². The highest BCUT2D eigenvalue weighted by Crippen LogP contribution is 2.35. The summed E-state index contributed by atoms with van der Waals surface area (Å²) in [5, 5.41) is 3.66. The molecule has 1 nitrogen and oxygen atoms in total. The van der Waals surface area contributed by atoms with E-state index >= 15 is 0 Å². The van der Waals surface area contributed by atoms with E-state index in [1.165, 1.54) is 31.3 Å². The number of rotatable bonds is 4. The van der Waals surface area contributed by atoms with Crippen molar-refractivity contribution in [3.05, 3.63) is 12.2 Å².